The van der Waals surface area contributed by atoms with Crippen molar-refractivity contribution in [2.75, 3.05) is 0 Å². The van der Waals surface area contributed by atoms with Crippen LogP contribution in [0.4, 0.5) is 0 Å². The van der Waals surface area contributed by atoms with Crippen LogP contribution in [0.5, 0.6) is 0 Å². The molecule has 0 N–H and O–H groups in total. The highest BCUT2D eigenvalue weighted by molar-refractivity contribution is 5.99. The van der Waals surface area contributed by atoms with Crippen molar-refractivity contribution in [3.8, 4) is 0 Å². The van der Waals surface area contributed by atoms with E-state index in [2.05, 4.69) is 25.9 Å². The highest BCUT2D eigenvalue weighted by Crippen LogP contribution is 2.34. The molecule has 3 heteroatoms. The summed E-state index contributed by atoms with van der Waals surface area (Å²) in [6.07, 6.45) is 10.0. The van der Waals surface area contributed by atoms with Gasteiger partial charge in [0.15, 0.2) is 5.78 Å². The normalized spacial score (nSPS) is 11.8. The Balaban J connectivity index is 2.83. The van der Waals surface area contributed by atoms with E-state index in [1.165, 1.54) is 0 Å². The van der Waals surface area contributed by atoms with Gasteiger partial charge in [0.05, 0.1) is 11.8 Å². The van der Waals surface area contributed by atoms with Gasteiger partial charge in [0.25, 0.3) is 0 Å². The third kappa shape index (κ3) is 3.69. The Morgan fingerprint density at radius 3 is 2.22 bits per heavy atom. The summed E-state index contributed by atoms with van der Waals surface area (Å²) in [6.45, 7) is 6.47. The van der Waals surface area contributed by atoms with Crippen LogP contribution < -0.4 is 0 Å². The van der Waals surface area contributed by atoms with Gasteiger partial charge in [-0.05, 0) is 12.8 Å². The monoisotopic (exact) mass is 250 g/mol. The van der Waals surface area contributed by atoms with Crippen LogP contribution in [-0.2, 0) is 7.05 Å². The second-order valence-corrected chi connectivity index (χ2v) is 5.50. The quantitative estimate of drug-likeness (QED) is 0.654. The lowest BCUT2D eigenvalue weighted by Gasteiger charge is -2.27. The number of hydrogen-bond donors (Lipinski definition) is 0. The summed E-state index contributed by atoms with van der Waals surface area (Å²) in [5.41, 5.74) is 0.543. The number of aromatic nitrogens is 2. The maximum Gasteiger partial charge on any atom is 0.171 e. The van der Waals surface area contributed by atoms with Gasteiger partial charge in [0.2, 0.25) is 0 Å². The molecule has 1 aromatic heterocycles. The van der Waals surface area contributed by atoms with E-state index in [1.807, 2.05) is 13.2 Å². The topological polar surface area (TPSA) is 34.9 Å². The summed E-state index contributed by atoms with van der Waals surface area (Å²) in [6, 6.07) is 0. The van der Waals surface area contributed by atoms with Gasteiger partial charge in [-0.25, -0.2) is 0 Å². The summed E-state index contributed by atoms with van der Waals surface area (Å²) >= 11 is 0. The van der Waals surface area contributed by atoms with Crippen LogP contribution in [0.1, 0.15) is 69.7 Å². The van der Waals surface area contributed by atoms with Crippen molar-refractivity contribution < 1.29 is 4.79 Å². The molecule has 0 saturated carbocycles. The average Bonchev–Trinajstić information content (AvgIpc) is 2.79. The van der Waals surface area contributed by atoms with Crippen molar-refractivity contribution in [1.29, 1.82) is 0 Å². The minimum Gasteiger partial charge on any atom is -0.293 e. The molecule has 1 rings (SSSR count). The maximum atomic E-state index is 12.6. The molecule has 0 atom stereocenters. The second kappa shape index (κ2) is 6.72. The lowest BCUT2D eigenvalue weighted by molar-refractivity contribution is 0.0779. The Labute approximate surface area is 111 Å². The molecule has 0 bridgehead atoms. The van der Waals surface area contributed by atoms with Crippen molar-refractivity contribution >= 4 is 5.78 Å². The fraction of sp³-hybridized carbons (Fsp3) is 0.733. The first-order chi connectivity index (χ1) is 8.53. The Bertz CT molecular complexity index is 374. The number of Topliss-reactive ketones (excluding diaryl/α,β-unsaturated/α-hetero) is 1. The summed E-state index contributed by atoms with van der Waals surface area (Å²) in [4.78, 5) is 12.6. The summed E-state index contributed by atoms with van der Waals surface area (Å²) in [5.74, 6) is 0.262. The molecule has 0 amide bonds. The first-order valence-electron chi connectivity index (χ1n) is 7.07. The van der Waals surface area contributed by atoms with Crippen molar-refractivity contribution in [2.24, 2.45) is 12.5 Å². The Morgan fingerprint density at radius 1 is 1.28 bits per heavy atom. The van der Waals surface area contributed by atoms with Crippen LogP contribution in [0.15, 0.2) is 12.4 Å². The van der Waals surface area contributed by atoms with E-state index < -0.39 is 0 Å². The van der Waals surface area contributed by atoms with E-state index in [9.17, 15) is 4.79 Å². The van der Waals surface area contributed by atoms with Crippen LogP contribution in [0, 0.1) is 5.41 Å². The predicted octanol–water partition coefficient (Wildman–Crippen LogP) is 3.99. The SMILES string of the molecule is CCCCC(C)(CCCC)C(=O)c1cnn(C)c1. The number of aryl methyl sites for hydroxylation is 1. The van der Waals surface area contributed by atoms with E-state index in [0.717, 1.165) is 44.1 Å². The number of ketones is 1. The molecule has 0 spiro atoms. The van der Waals surface area contributed by atoms with E-state index in [-0.39, 0.29) is 11.2 Å². The second-order valence-electron chi connectivity index (χ2n) is 5.50. The van der Waals surface area contributed by atoms with Crippen molar-refractivity contribution in [2.45, 2.75) is 59.3 Å². The van der Waals surface area contributed by atoms with Gasteiger partial charge in [-0.1, -0.05) is 46.5 Å². The van der Waals surface area contributed by atoms with Gasteiger partial charge in [-0.2, -0.15) is 5.10 Å². The molecule has 0 aliphatic rings. The van der Waals surface area contributed by atoms with Crippen molar-refractivity contribution in [1.82, 2.24) is 9.78 Å². The number of carbonyl (C=O) groups excluding carboxylic acids is 1. The molecule has 0 unspecified atom stereocenters. The molecule has 0 aromatic carbocycles. The fourth-order valence-electron chi connectivity index (χ4n) is 2.37. The Morgan fingerprint density at radius 2 is 1.83 bits per heavy atom. The zero-order valence-corrected chi connectivity index (χ0v) is 12.2. The van der Waals surface area contributed by atoms with Gasteiger partial charge >= 0.3 is 0 Å². The number of unbranched alkanes of at least 4 members (excludes halogenated alkanes) is 2. The fourth-order valence-corrected chi connectivity index (χ4v) is 2.37. The van der Waals surface area contributed by atoms with Gasteiger partial charge in [-0.3, -0.25) is 9.48 Å². The van der Waals surface area contributed by atoms with E-state index in [0.29, 0.717) is 0 Å². The maximum absolute atomic E-state index is 12.6. The highest BCUT2D eigenvalue weighted by Gasteiger charge is 2.33. The summed E-state index contributed by atoms with van der Waals surface area (Å²) in [5, 5.41) is 4.11. The van der Waals surface area contributed by atoms with Crippen LogP contribution >= 0.6 is 0 Å². The largest absolute Gasteiger partial charge is 0.293 e. The number of hydrogen-bond acceptors (Lipinski definition) is 2. The molecular weight excluding hydrogens is 224 g/mol. The van der Waals surface area contributed by atoms with Gasteiger partial charge in [0.1, 0.15) is 0 Å². The van der Waals surface area contributed by atoms with Crippen LogP contribution in [0.25, 0.3) is 0 Å². The lowest BCUT2D eigenvalue weighted by Crippen LogP contribution is -2.28. The molecule has 3 nitrogen and oxygen atoms in total. The predicted molar refractivity (Wildman–Crippen MR) is 74.7 cm³/mol. The summed E-state index contributed by atoms with van der Waals surface area (Å²) < 4.78 is 1.70. The minimum atomic E-state index is -0.213. The lowest BCUT2D eigenvalue weighted by atomic mass is 9.75. The molecule has 0 radical (unpaired) electrons. The minimum absolute atomic E-state index is 0.213. The first kappa shape index (κ1) is 14.9. The van der Waals surface area contributed by atoms with E-state index >= 15 is 0 Å². The first-order valence-corrected chi connectivity index (χ1v) is 7.07. The van der Waals surface area contributed by atoms with Gasteiger partial charge < -0.3 is 0 Å². The molecule has 1 heterocycles. The molecule has 0 saturated heterocycles. The summed E-state index contributed by atoms with van der Waals surface area (Å²) in [7, 11) is 1.85. The number of carbonyl (C=O) groups is 1. The highest BCUT2D eigenvalue weighted by atomic mass is 16.1. The smallest absolute Gasteiger partial charge is 0.171 e. The Kier molecular flexibility index (Phi) is 5.57. The molecule has 0 fully saturated rings. The van der Waals surface area contributed by atoms with E-state index in [4.69, 9.17) is 0 Å². The third-order valence-electron chi connectivity index (χ3n) is 3.68. The van der Waals surface area contributed by atoms with Crippen LogP contribution in [0.3, 0.4) is 0 Å². The number of rotatable bonds is 8. The van der Waals surface area contributed by atoms with Gasteiger partial charge in [-0.15, -0.1) is 0 Å². The van der Waals surface area contributed by atoms with Gasteiger partial charge in [0, 0.05) is 18.7 Å². The molecule has 1 aromatic rings. The molecule has 0 aliphatic carbocycles. The molecular formula is C15H26N2O. The molecule has 102 valence electrons. The average molecular weight is 250 g/mol. The molecule has 18 heavy (non-hydrogen) atoms. The Hall–Kier alpha value is -1.12. The molecule has 0 aliphatic heterocycles. The standard InChI is InChI=1S/C15H26N2O/c1-5-7-9-15(3,10-8-6-2)14(18)13-11-16-17(4)12-13/h11-12H,5-10H2,1-4H3. The third-order valence-corrected chi connectivity index (χ3v) is 3.68. The zero-order chi connectivity index (χ0) is 13.6. The van der Waals surface area contributed by atoms with Crippen LogP contribution in [-0.4, -0.2) is 15.6 Å². The van der Waals surface area contributed by atoms with E-state index in [1.54, 1.807) is 10.9 Å². The number of nitrogens with zero attached hydrogens (tertiary/aromatic N) is 2. The van der Waals surface area contributed by atoms with Crippen molar-refractivity contribution in [3.63, 3.8) is 0 Å². The van der Waals surface area contributed by atoms with Crippen molar-refractivity contribution in [3.05, 3.63) is 18.0 Å². The zero-order valence-electron chi connectivity index (χ0n) is 12.2. The van der Waals surface area contributed by atoms with Crippen LogP contribution in [0.2, 0.25) is 0 Å².